The van der Waals surface area contributed by atoms with Crippen LogP contribution in [0, 0.1) is 5.92 Å². The predicted molar refractivity (Wildman–Crippen MR) is 127 cm³/mol. The lowest BCUT2D eigenvalue weighted by Crippen LogP contribution is -2.28. The molecule has 1 heterocycles. The molecule has 2 aromatic carbocycles. The van der Waals surface area contributed by atoms with Crippen LogP contribution in [0.3, 0.4) is 0 Å². The Morgan fingerprint density at radius 1 is 1.22 bits per heavy atom. The van der Waals surface area contributed by atoms with Gasteiger partial charge in [0.1, 0.15) is 5.75 Å². The molecular weight excluding hydrogens is 402 g/mol. The monoisotopic (exact) mass is 433 g/mol. The highest BCUT2D eigenvalue weighted by atomic mass is 16.5. The van der Waals surface area contributed by atoms with Gasteiger partial charge in [-0.3, -0.25) is 5.01 Å². The van der Waals surface area contributed by atoms with Crippen LogP contribution in [0.25, 0.3) is 0 Å². The normalized spacial score (nSPS) is 19.7. The highest BCUT2D eigenvalue weighted by Crippen LogP contribution is 2.45. The zero-order chi connectivity index (χ0) is 22.8. The second kappa shape index (κ2) is 9.07. The van der Waals surface area contributed by atoms with Gasteiger partial charge in [-0.15, -0.1) is 0 Å². The number of benzene rings is 2. The Morgan fingerprint density at radius 2 is 1.97 bits per heavy atom. The molecule has 0 spiro atoms. The van der Waals surface area contributed by atoms with Gasteiger partial charge in [-0.25, -0.2) is 4.79 Å². The maximum atomic E-state index is 12.2. The Bertz CT molecular complexity index is 1060. The Labute approximate surface area is 190 Å². The summed E-state index contributed by atoms with van der Waals surface area (Å²) in [6.07, 6.45) is 3.53. The van der Waals surface area contributed by atoms with Crippen molar-refractivity contribution in [3.05, 3.63) is 70.9 Å². The average Bonchev–Trinajstić information content (AvgIpc) is 3.19. The summed E-state index contributed by atoms with van der Waals surface area (Å²) in [7, 11) is 5.76. The van der Waals surface area contributed by atoms with Crippen molar-refractivity contribution in [2.45, 2.75) is 32.7 Å². The fourth-order valence-electron chi connectivity index (χ4n) is 4.63. The molecule has 0 radical (unpaired) electrons. The zero-order valence-corrected chi connectivity index (χ0v) is 19.5. The van der Waals surface area contributed by atoms with Crippen LogP contribution >= 0.6 is 0 Å². The van der Waals surface area contributed by atoms with Crippen molar-refractivity contribution in [2.24, 2.45) is 11.0 Å². The number of ether oxygens (including phenoxy) is 2. The van der Waals surface area contributed by atoms with Crippen molar-refractivity contribution < 1.29 is 14.3 Å². The topological polar surface area (TPSA) is 54.4 Å². The molecule has 2 unspecified atom stereocenters. The smallest absolute Gasteiger partial charge is 0.332 e. The van der Waals surface area contributed by atoms with Crippen molar-refractivity contribution in [2.75, 3.05) is 32.7 Å². The molecule has 168 valence electrons. The molecule has 0 aromatic heterocycles. The van der Waals surface area contributed by atoms with E-state index in [1.807, 2.05) is 39.0 Å². The molecule has 4 rings (SSSR count). The standard InChI is InChI=1S/C26H31N3O3/c1-6-32-24(30)15-17(2)29-26(19-7-11-20(12-8-19)28(3)4)22-14-10-18-9-13-21(31-5)16-23(18)25(22)27-29/h7-9,11-13,15-16,22,26H,6,10,14H2,1-5H3. The van der Waals surface area contributed by atoms with E-state index in [-0.39, 0.29) is 17.9 Å². The van der Waals surface area contributed by atoms with Crippen molar-refractivity contribution >= 4 is 17.4 Å². The first-order valence-corrected chi connectivity index (χ1v) is 11.1. The van der Waals surface area contributed by atoms with Gasteiger partial charge in [0, 0.05) is 43.0 Å². The predicted octanol–water partition coefficient (Wildman–Crippen LogP) is 4.55. The second-order valence-electron chi connectivity index (χ2n) is 8.47. The maximum Gasteiger partial charge on any atom is 0.332 e. The average molecular weight is 434 g/mol. The van der Waals surface area contributed by atoms with Crippen LogP contribution in [0.1, 0.15) is 43.0 Å². The Balaban J connectivity index is 1.78. The summed E-state index contributed by atoms with van der Waals surface area (Å²) in [5.41, 5.74) is 6.59. The minimum absolute atomic E-state index is 0.0197. The van der Waals surface area contributed by atoms with E-state index in [0.29, 0.717) is 6.61 Å². The molecule has 0 amide bonds. The summed E-state index contributed by atoms with van der Waals surface area (Å²) < 4.78 is 10.6. The molecule has 0 fully saturated rings. The second-order valence-corrected chi connectivity index (χ2v) is 8.47. The van der Waals surface area contributed by atoms with Gasteiger partial charge < -0.3 is 14.4 Å². The van der Waals surface area contributed by atoms with E-state index in [1.165, 1.54) is 11.1 Å². The van der Waals surface area contributed by atoms with Gasteiger partial charge in [-0.1, -0.05) is 18.2 Å². The number of methoxy groups -OCH3 is 1. The Hall–Kier alpha value is -3.28. The first kappa shape index (κ1) is 21.9. The van der Waals surface area contributed by atoms with Crippen LogP contribution in [0.5, 0.6) is 5.75 Å². The maximum absolute atomic E-state index is 12.2. The molecule has 32 heavy (non-hydrogen) atoms. The number of anilines is 1. The number of aryl methyl sites for hydroxylation is 1. The van der Waals surface area contributed by atoms with Crippen LogP contribution < -0.4 is 9.64 Å². The summed E-state index contributed by atoms with van der Waals surface area (Å²) >= 11 is 0. The first-order valence-electron chi connectivity index (χ1n) is 11.1. The zero-order valence-electron chi connectivity index (χ0n) is 19.5. The molecule has 2 atom stereocenters. The van der Waals surface area contributed by atoms with Gasteiger partial charge in [0.05, 0.1) is 25.5 Å². The van der Waals surface area contributed by atoms with Gasteiger partial charge >= 0.3 is 5.97 Å². The third kappa shape index (κ3) is 4.09. The highest BCUT2D eigenvalue weighted by molar-refractivity contribution is 6.06. The van der Waals surface area contributed by atoms with Gasteiger partial charge in [-0.05, 0) is 62.1 Å². The number of hydrogen-bond acceptors (Lipinski definition) is 6. The molecule has 0 bridgehead atoms. The number of hydrogen-bond donors (Lipinski definition) is 0. The Morgan fingerprint density at radius 3 is 2.62 bits per heavy atom. The van der Waals surface area contributed by atoms with Gasteiger partial charge in [0.15, 0.2) is 0 Å². The lowest BCUT2D eigenvalue weighted by molar-refractivity contribution is -0.137. The number of rotatable bonds is 6. The number of fused-ring (bicyclic) bond motifs is 3. The fraction of sp³-hybridized carbons (Fsp3) is 0.385. The van der Waals surface area contributed by atoms with E-state index in [0.717, 1.165) is 41.3 Å². The van der Waals surface area contributed by atoms with Crippen LogP contribution in [-0.2, 0) is 16.0 Å². The molecule has 0 saturated carbocycles. The molecule has 1 aliphatic carbocycles. The van der Waals surface area contributed by atoms with Crippen molar-refractivity contribution in [3.63, 3.8) is 0 Å². The third-order valence-electron chi connectivity index (χ3n) is 6.25. The SMILES string of the molecule is CCOC(=O)C=C(C)N1N=C2c3cc(OC)ccc3CCC2C1c1ccc(N(C)C)cc1. The van der Waals surface area contributed by atoms with Crippen molar-refractivity contribution in [1.82, 2.24) is 5.01 Å². The Kier molecular flexibility index (Phi) is 6.21. The molecule has 2 aliphatic rings. The van der Waals surface area contributed by atoms with E-state index in [2.05, 4.69) is 41.3 Å². The number of esters is 1. The number of nitrogens with zero attached hydrogens (tertiary/aromatic N) is 3. The highest BCUT2D eigenvalue weighted by Gasteiger charge is 2.42. The molecule has 0 saturated heterocycles. The molecule has 6 nitrogen and oxygen atoms in total. The lowest BCUT2D eigenvalue weighted by atomic mass is 9.77. The van der Waals surface area contributed by atoms with Crippen LogP contribution in [0.2, 0.25) is 0 Å². The van der Waals surface area contributed by atoms with E-state index >= 15 is 0 Å². The van der Waals surface area contributed by atoms with Gasteiger partial charge in [0.25, 0.3) is 0 Å². The number of hydrazone groups is 1. The quantitative estimate of drug-likeness (QED) is 0.494. The summed E-state index contributed by atoms with van der Waals surface area (Å²) in [4.78, 5) is 14.3. The van der Waals surface area contributed by atoms with Crippen LogP contribution in [-0.4, -0.2) is 44.5 Å². The molecular formula is C26H31N3O3. The van der Waals surface area contributed by atoms with Crippen molar-refractivity contribution in [3.8, 4) is 5.75 Å². The summed E-state index contributed by atoms with van der Waals surface area (Å²) in [6.45, 7) is 4.08. The van der Waals surface area contributed by atoms with Crippen LogP contribution in [0.15, 0.2) is 59.3 Å². The van der Waals surface area contributed by atoms with E-state index in [9.17, 15) is 4.79 Å². The van der Waals surface area contributed by atoms with Gasteiger partial charge in [0.2, 0.25) is 0 Å². The summed E-state index contributed by atoms with van der Waals surface area (Å²) in [5.74, 6) is 0.713. The number of carbonyl (C=O) groups excluding carboxylic acids is 1. The first-order chi connectivity index (χ1) is 15.4. The van der Waals surface area contributed by atoms with E-state index < -0.39 is 0 Å². The van der Waals surface area contributed by atoms with Crippen LogP contribution in [0.4, 0.5) is 5.69 Å². The minimum Gasteiger partial charge on any atom is -0.497 e. The molecule has 6 heteroatoms. The number of allylic oxidation sites excluding steroid dienone is 1. The molecule has 2 aromatic rings. The van der Waals surface area contributed by atoms with Crippen molar-refractivity contribution in [1.29, 1.82) is 0 Å². The largest absolute Gasteiger partial charge is 0.497 e. The third-order valence-corrected chi connectivity index (χ3v) is 6.25. The summed E-state index contributed by atoms with van der Waals surface area (Å²) in [6, 6.07) is 14.9. The molecule has 0 N–H and O–H groups in total. The van der Waals surface area contributed by atoms with E-state index in [4.69, 9.17) is 14.6 Å². The fourth-order valence-corrected chi connectivity index (χ4v) is 4.63. The molecule has 1 aliphatic heterocycles. The van der Waals surface area contributed by atoms with Gasteiger partial charge in [-0.2, -0.15) is 5.10 Å². The minimum atomic E-state index is -0.344. The summed E-state index contributed by atoms with van der Waals surface area (Å²) in [5, 5.41) is 7.06. The lowest BCUT2D eigenvalue weighted by Gasteiger charge is -2.31. The number of carbonyl (C=O) groups is 1. The van der Waals surface area contributed by atoms with E-state index in [1.54, 1.807) is 13.2 Å².